The molecular weight excluding hydrogens is 326 g/mol. The van der Waals surface area contributed by atoms with Crippen LogP contribution in [-0.4, -0.2) is 12.5 Å². The number of benzene rings is 2. The number of hydrogen-bond donors (Lipinski definition) is 1. The molecule has 2 aromatic carbocycles. The molecule has 118 valence electrons. The standard InChI is InChI=1S/C16H11ClF2N2O2/c17-14-8-12(4-3-11(14)9-20)21-15(22)7-10-1-5-13(6-2-10)23-16(18)19/h1-6,8,16H,7H2,(H,21,22). The molecule has 0 spiro atoms. The second kappa shape index (κ2) is 7.56. The van der Waals surface area contributed by atoms with Gasteiger partial charge in [0.15, 0.2) is 0 Å². The summed E-state index contributed by atoms with van der Waals surface area (Å²) >= 11 is 5.88. The Morgan fingerprint density at radius 1 is 1.26 bits per heavy atom. The number of alkyl halides is 2. The Kier molecular flexibility index (Phi) is 5.50. The summed E-state index contributed by atoms with van der Waals surface area (Å²) in [7, 11) is 0. The monoisotopic (exact) mass is 336 g/mol. The Morgan fingerprint density at radius 2 is 1.96 bits per heavy atom. The first-order valence-electron chi connectivity index (χ1n) is 6.51. The molecule has 2 aromatic rings. The number of halogens is 3. The number of carbonyl (C=O) groups is 1. The third kappa shape index (κ3) is 4.94. The van der Waals surface area contributed by atoms with Gasteiger partial charge in [-0.25, -0.2) is 0 Å². The van der Waals surface area contributed by atoms with Crippen LogP contribution in [0.3, 0.4) is 0 Å². The fourth-order valence-electron chi connectivity index (χ4n) is 1.86. The van der Waals surface area contributed by atoms with Crippen molar-refractivity contribution < 1.29 is 18.3 Å². The van der Waals surface area contributed by atoms with E-state index in [4.69, 9.17) is 16.9 Å². The van der Waals surface area contributed by atoms with E-state index in [0.29, 0.717) is 16.8 Å². The molecule has 4 nitrogen and oxygen atoms in total. The number of hydrogen-bond acceptors (Lipinski definition) is 3. The number of nitrogens with zero attached hydrogens (tertiary/aromatic N) is 1. The van der Waals surface area contributed by atoms with Crippen molar-refractivity contribution in [1.82, 2.24) is 0 Å². The highest BCUT2D eigenvalue weighted by Gasteiger charge is 2.08. The van der Waals surface area contributed by atoms with E-state index < -0.39 is 6.61 Å². The van der Waals surface area contributed by atoms with Gasteiger partial charge in [-0.15, -0.1) is 0 Å². The predicted molar refractivity (Wildman–Crippen MR) is 81.6 cm³/mol. The van der Waals surface area contributed by atoms with Crippen LogP contribution in [-0.2, 0) is 11.2 Å². The predicted octanol–water partition coefficient (Wildman–Crippen LogP) is 3.99. The van der Waals surface area contributed by atoms with Crippen LogP contribution < -0.4 is 10.1 Å². The van der Waals surface area contributed by atoms with Gasteiger partial charge in [0.25, 0.3) is 0 Å². The molecule has 2 rings (SSSR count). The second-order valence-corrected chi connectivity index (χ2v) is 4.96. The zero-order valence-electron chi connectivity index (χ0n) is 11.7. The van der Waals surface area contributed by atoms with Crippen molar-refractivity contribution in [1.29, 1.82) is 5.26 Å². The van der Waals surface area contributed by atoms with Gasteiger partial charge in [-0.1, -0.05) is 23.7 Å². The number of ether oxygens (including phenoxy) is 1. The first-order chi connectivity index (χ1) is 11.0. The molecule has 0 atom stereocenters. The number of amides is 1. The largest absolute Gasteiger partial charge is 0.435 e. The van der Waals surface area contributed by atoms with Crippen molar-refractivity contribution in [2.45, 2.75) is 13.0 Å². The molecule has 0 aliphatic carbocycles. The maximum atomic E-state index is 12.0. The topological polar surface area (TPSA) is 62.1 Å². The van der Waals surface area contributed by atoms with Crippen LogP contribution in [0.5, 0.6) is 5.75 Å². The summed E-state index contributed by atoms with van der Waals surface area (Å²) in [4.78, 5) is 11.9. The molecule has 0 heterocycles. The summed E-state index contributed by atoms with van der Waals surface area (Å²) < 4.78 is 28.3. The summed E-state index contributed by atoms with van der Waals surface area (Å²) in [5, 5.41) is 11.7. The highest BCUT2D eigenvalue weighted by atomic mass is 35.5. The van der Waals surface area contributed by atoms with Crippen molar-refractivity contribution in [3.05, 3.63) is 58.6 Å². The molecule has 0 fully saturated rings. The minimum absolute atomic E-state index is 0.0306. The lowest BCUT2D eigenvalue weighted by molar-refractivity contribution is -0.115. The molecule has 23 heavy (non-hydrogen) atoms. The Bertz CT molecular complexity index is 743. The summed E-state index contributed by atoms with van der Waals surface area (Å²) in [5.41, 5.74) is 1.43. The van der Waals surface area contributed by atoms with Crippen LogP contribution in [0.2, 0.25) is 5.02 Å². The zero-order valence-corrected chi connectivity index (χ0v) is 12.5. The molecule has 0 radical (unpaired) electrons. The maximum absolute atomic E-state index is 12.0. The normalized spacial score (nSPS) is 10.2. The zero-order chi connectivity index (χ0) is 16.8. The lowest BCUT2D eigenvalue weighted by atomic mass is 10.1. The third-order valence-corrected chi connectivity index (χ3v) is 3.20. The SMILES string of the molecule is N#Cc1ccc(NC(=O)Cc2ccc(OC(F)F)cc2)cc1Cl. The fourth-order valence-corrected chi connectivity index (χ4v) is 2.09. The van der Waals surface area contributed by atoms with E-state index in [9.17, 15) is 13.6 Å². The maximum Gasteiger partial charge on any atom is 0.387 e. The van der Waals surface area contributed by atoms with Crippen molar-refractivity contribution >= 4 is 23.2 Å². The average molecular weight is 337 g/mol. The van der Waals surface area contributed by atoms with E-state index in [0.717, 1.165) is 0 Å². The molecular formula is C16H11ClF2N2O2. The van der Waals surface area contributed by atoms with Crippen LogP contribution in [0.15, 0.2) is 42.5 Å². The molecule has 0 bridgehead atoms. The lowest BCUT2D eigenvalue weighted by Crippen LogP contribution is -2.14. The Balaban J connectivity index is 1.97. The highest BCUT2D eigenvalue weighted by Crippen LogP contribution is 2.20. The number of nitriles is 1. The quantitative estimate of drug-likeness (QED) is 0.897. The van der Waals surface area contributed by atoms with E-state index in [1.165, 1.54) is 36.4 Å². The first-order valence-corrected chi connectivity index (χ1v) is 6.89. The van der Waals surface area contributed by atoms with E-state index in [2.05, 4.69) is 10.1 Å². The Labute approximate surface area is 136 Å². The summed E-state index contributed by atoms with van der Waals surface area (Å²) in [5.74, 6) is -0.267. The van der Waals surface area contributed by atoms with Crippen LogP contribution in [0, 0.1) is 11.3 Å². The number of anilines is 1. The molecule has 1 amide bonds. The third-order valence-electron chi connectivity index (χ3n) is 2.89. The van der Waals surface area contributed by atoms with Gasteiger partial charge < -0.3 is 10.1 Å². The first kappa shape index (κ1) is 16.7. The Hall–Kier alpha value is -2.65. The number of carbonyl (C=O) groups excluding carboxylic acids is 1. The molecule has 0 aliphatic heterocycles. The minimum Gasteiger partial charge on any atom is -0.435 e. The van der Waals surface area contributed by atoms with Crippen molar-refractivity contribution in [2.24, 2.45) is 0 Å². The van der Waals surface area contributed by atoms with Crippen molar-refractivity contribution in [3.8, 4) is 11.8 Å². The van der Waals surface area contributed by atoms with Crippen molar-refractivity contribution in [2.75, 3.05) is 5.32 Å². The van der Waals surface area contributed by atoms with Gasteiger partial charge in [0.1, 0.15) is 11.8 Å². The minimum atomic E-state index is -2.88. The van der Waals surface area contributed by atoms with Crippen molar-refractivity contribution in [3.63, 3.8) is 0 Å². The van der Waals surface area contributed by atoms with Crippen LogP contribution in [0.25, 0.3) is 0 Å². The molecule has 0 unspecified atom stereocenters. The summed E-state index contributed by atoms with van der Waals surface area (Å²) in [6.45, 7) is -2.88. The van der Waals surface area contributed by atoms with Crippen LogP contribution in [0.1, 0.15) is 11.1 Å². The number of nitrogens with one attached hydrogen (secondary N) is 1. The van der Waals surface area contributed by atoms with Gasteiger partial charge in [0.2, 0.25) is 5.91 Å². The van der Waals surface area contributed by atoms with Gasteiger partial charge in [-0.05, 0) is 35.9 Å². The average Bonchev–Trinajstić information content (AvgIpc) is 2.49. The van der Waals surface area contributed by atoms with Gasteiger partial charge in [0, 0.05) is 5.69 Å². The van der Waals surface area contributed by atoms with E-state index in [1.54, 1.807) is 6.07 Å². The van der Waals surface area contributed by atoms with Gasteiger partial charge >= 0.3 is 6.61 Å². The molecule has 0 saturated carbocycles. The van der Waals surface area contributed by atoms with E-state index in [1.807, 2.05) is 6.07 Å². The highest BCUT2D eigenvalue weighted by molar-refractivity contribution is 6.32. The van der Waals surface area contributed by atoms with Crippen LogP contribution in [0.4, 0.5) is 14.5 Å². The molecule has 0 aliphatic rings. The van der Waals surface area contributed by atoms with Gasteiger partial charge in [-0.2, -0.15) is 14.0 Å². The van der Waals surface area contributed by atoms with E-state index in [-0.39, 0.29) is 23.1 Å². The lowest BCUT2D eigenvalue weighted by Gasteiger charge is -2.08. The molecule has 7 heteroatoms. The fraction of sp³-hybridized carbons (Fsp3) is 0.125. The number of rotatable bonds is 5. The van der Waals surface area contributed by atoms with Gasteiger partial charge in [-0.3, -0.25) is 4.79 Å². The second-order valence-electron chi connectivity index (χ2n) is 4.55. The van der Waals surface area contributed by atoms with E-state index >= 15 is 0 Å². The Morgan fingerprint density at radius 3 is 2.52 bits per heavy atom. The smallest absolute Gasteiger partial charge is 0.387 e. The van der Waals surface area contributed by atoms with Crippen LogP contribution >= 0.6 is 11.6 Å². The molecule has 0 aromatic heterocycles. The molecule has 1 N–H and O–H groups in total. The summed E-state index contributed by atoms with van der Waals surface area (Å²) in [6, 6.07) is 12.3. The summed E-state index contributed by atoms with van der Waals surface area (Å²) in [6.07, 6.45) is 0.0621. The van der Waals surface area contributed by atoms with Gasteiger partial charge in [0.05, 0.1) is 17.0 Å². The molecule has 0 saturated heterocycles.